The van der Waals surface area contributed by atoms with Gasteiger partial charge in [0.25, 0.3) is 0 Å². The number of nitrogen functional groups attached to an aromatic ring is 1. The summed E-state index contributed by atoms with van der Waals surface area (Å²) in [5, 5.41) is -0.296. The maximum absolute atomic E-state index is 13.7. The Hall–Kier alpha value is -0.850. The van der Waals surface area contributed by atoms with Crippen LogP contribution < -0.4 is 10.5 Å². The van der Waals surface area contributed by atoms with Gasteiger partial charge in [-0.25, -0.2) is 17.5 Å². The normalized spacial score (nSPS) is 23.1. The van der Waals surface area contributed by atoms with Gasteiger partial charge in [-0.15, -0.1) is 0 Å². The average molecular weight is 293 g/mol. The van der Waals surface area contributed by atoms with Gasteiger partial charge < -0.3 is 5.73 Å². The van der Waals surface area contributed by atoms with Gasteiger partial charge in [0.2, 0.25) is 10.0 Å². The highest BCUT2D eigenvalue weighted by Crippen LogP contribution is 2.37. The van der Waals surface area contributed by atoms with Gasteiger partial charge in [-0.1, -0.05) is 18.5 Å². The van der Waals surface area contributed by atoms with Crippen LogP contribution in [0.3, 0.4) is 0 Å². The molecule has 1 aromatic carbocycles. The van der Waals surface area contributed by atoms with Crippen molar-refractivity contribution in [3.63, 3.8) is 0 Å². The molecule has 1 aromatic rings. The van der Waals surface area contributed by atoms with E-state index in [1.807, 2.05) is 6.92 Å². The Morgan fingerprint density at radius 3 is 2.72 bits per heavy atom. The molecule has 1 saturated carbocycles. The van der Waals surface area contributed by atoms with Crippen LogP contribution in [0.5, 0.6) is 0 Å². The molecule has 2 unspecified atom stereocenters. The summed E-state index contributed by atoms with van der Waals surface area (Å²) in [7, 11) is -3.90. The lowest BCUT2D eigenvalue weighted by Gasteiger charge is -2.09. The summed E-state index contributed by atoms with van der Waals surface area (Å²) in [6.45, 7) is 2.35. The third-order valence-electron chi connectivity index (χ3n) is 3.12. The van der Waals surface area contributed by atoms with Crippen molar-refractivity contribution in [1.82, 2.24) is 4.72 Å². The van der Waals surface area contributed by atoms with E-state index in [0.717, 1.165) is 12.5 Å². The predicted octanol–water partition coefficient (Wildman–Crippen LogP) is 2.00. The lowest BCUT2D eigenvalue weighted by Crippen LogP contribution is -2.27. The minimum Gasteiger partial charge on any atom is -0.399 e. The first-order valence-corrected chi connectivity index (χ1v) is 7.41. The second-order valence-electron chi connectivity index (χ2n) is 4.64. The monoisotopic (exact) mass is 292 g/mol. The summed E-state index contributed by atoms with van der Waals surface area (Å²) in [6, 6.07) is 2.25. The van der Waals surface area contributed by atoms with E-state index >= 15 is 0 Å². The molecule has 2 atom stereocenters. The first-order chi connectivity index (χ1) is 8.31. The SMILES string of the molecule is CC1CC1CNS(=O)(=O)c1cc(N)cc(Cl)c1F. The van der Waals surface area contributed by atoms with Crippen LogP contribution in [-0.2, 0) is 10.0 Å². The molecular weight excluding hydrogens is 279 g/mol. The summed E-state index contributed by atoms with van der Waals surface area (Å²) >= 11 is 5.58. The third-order valence-corrected chi connectivity index (χ3v) is 4.82. The zero-order valence-corrected chi connectivity index (χ0v) is 11.4. The number of benzene rings is 1. The van der Waals surface area contributed by atoms with E-state index in [1.165, 1.54) is 6.07 Å². The van der Waals surface area contributed by atoms with Crippen molar-refractivity contribution in [2.24, 2.45) is 11.8 Å². The zero-order valence-electron chi connectivity index (χ0n) is 9.78. The molecule has 7 heteroatoms. The van der Waals surface area contributed by atoms with Gasteiger partial charge in [-0.05, 0) is 30.4 Å². The molecule has 18 heavy (non-hydrogen) atoms. The Bertz CT molecular complexity index is 577. The van der Waals surface area contributed by atoms with Crippen LogP contribution in [0.4, 0.5) is 10.1 Å². The molecule has 1 aliphatic rings. The molecule has 0 aromatic heterocycles. The van der Waals surface area contributed by atoms with E-state index in [-0.39, 0.29) is 10.7 Å². The number of hydrogen-bond donors (Lipinski definition) is 2. The van der Waals surface area contributed by atoms with Crippen molar-refractivity contribution in [3.05, 3.63) is 23.0 Å². The van der Waals surface area contributed by atoms with Crippen LogP contribution in [0.2, 0.25) is 5.02 Å². The fraction of sp³-hybridized carbons (Fsp3) is 0.455. The van der Waals surface area contributed by atoms with E-state index in [9.17, 15) is 12.8 Å². The molecule has 100 valence electrons. The van der Waals surface area contributed by atoms with E-state index in [4.69, 9.17) is 17.3 Å². The standard InChI is InChI=1S/C11H14ClFN2O2S/c1-6-2-7(6)5-15-18(16,17)10-4-8(14)3-9(12)11(10)13/h3-4,6-7,15H,2,5,14H2,1H3. The molecule has 0 spiro atoms. The first-order valence-electron chi connectivity index (χ1n) is 5.55. The molecule has 3 N–H and O–H groups in total. The molecule has 4 nitrogen and oxygen atoms in total. The van der Waals surface area contributed by atoms with E-state index < -0.39 is 20.7 Å². The highest BCUT2D eigenvalue weighted by atomic mass is 35.5. The predicted molar refractivity (Wildman–Crippen MR) is 68.3 cm³/mol. The summed E-state index contributed by atoms with van der Waals surface area (Å²) in [5.41, 5.74) is 5.58. The van der Waals surface area contributed by atoms with Crippen LogP contribution in [-0.4, -0.2) is 15.0 Å². The topological polar surface area (TPSA) is 72.2 Å². The Kier molecular flexibility index (Phi) is 3.53. The van der Waals surface area contributed by atoms with Crippen LogP contribution in [0, 0.1) is 17.7 Å². The maximum atomic E-state index is 13.7. The van der Waals surface area contributed by atoms with Crippen molar-refractivity contribution in [2.75, 3.05) is 12.3 Å². The van der Waals surface area contributed by atoms with Gasteiger partial charge >= 0.3 is 0 Å². The van der Waals surface area contributed by atoms with Gasteiger partial charge in [0.1, 0.15) is 4.90 Å². The third kappa shape index (κ3) is 2.76. The molecule has 0 bridgehead atoms. The second-order valence-corrected chi connectivity index (χ2v) is 6.78. The van der Waals surface area contributed by atoms with Crippen molar-refractivity contribution in [2.45, 2.75) is 18.2 Å². The summed E-state index contributed by atoms with van der Waals surface area (Å²) in [5.74, 6) is -0.122. The van der Waals surface area contributed by atoms with Crippen molar-refractivity contribution >= 4 is 27.3 Å². The Labute approximate surface area is 110 Å². The summed E-state index contributed by atoms with van der Waals surface area (Å²) < 4.78 is 39.9. The molecule has 0 amide bonds. The van der Waals surface area contributed by atoms with Crippen molar-refractivity contribution in [1.29, 1.82) is 0 Å². The fourth-order valence-corrected chi connectivity index (χ4v) is 3.27. The van der Waals surface area contributed by atoms with E-state index in [0.29, 0.717) is 18.4 Å². The molecule has 1 aliphatic carbocycles. The lowest BCUT2D eigenvalue weighted by atomic mass is 10.3. The van der Waals surface area contributed by atoms with Crippen molar-refractivity contribution in [3.8, 4) is 0 Å². The van der Waals surface area contributed by atoms with Crippen LogP contribution >= 0.6 is 11.6 Å². The number of rotatable bonds is 4. The molecular formula is C11H14ClFN2O2S. The number of halogens is 2. The Morgan fingerprint density at radius 1 is 1.56 bits per heavy atom. The summed E-state index contributed by atoms with van der Waals surface area (Å²) in [6.07, 6.45) is 0.989. The highest BCUT2D eigenvalue weighted by Gasteiger charge is 2.34. The number of anilines is 1. The van der Waals surface area contributed by atoms with Crippen LogP contribution in [0.15, 0.2) is 17.0 Å². The van der Waals surface area contributed by atoms with Gasteiger partial charge in [-0.2, -0.15) is 0 Å². The Morgan fingerprint density at radius 2 is 2.17 bits per heavy atom. The Balaban J connectivity index is 2.23. The number of nitrogens with two attached hydrogens (primary N) is 1. The molecule has 1 fully saturated rings. The van der Waals surface area contributed by atoms with Crippen LogP contribution in [0.25, 0.3) is 0 Å². The van der Waals surface area contributed by atoms with E-state index in [2.05, 4.69) is 4.72 Å². The molecule has 0 aliphatic heterocycles. The largest absolute Gasteiger partial charge is 0.399 e. The second kappa shape index (κ2) is 4.68. The smallest absolute Gasteiger partial charge is 0.243 e. The van der Waals surface area contributed by atoms with Gasteiger partial charge in [0.15, 0.2) is 5.82 Å². The van der Waals surface area contributed by atoms with Crippen LogP contribution in [0.1, 0.15) is 13.3 Å². The number of hydrogen-bond acceptors (Lipinski definition) is 3. The summed E-state index contributed by atoms with van der Waals surface area (Å²) in [4.78, 5) is -0.499. The maximum Gasteiger partial charge on any atom is 0.243 e. The van der Waals surface area contributed by atoms with Crippen molar-refractivity contribution < 1.29 is 12.8 Å². The van der Waals surface area contributed by atoms with Gasteiger partial charge in [-0.3, -0.25) is 0 Å². The average Bonchev–Trinajstić information content (AvgIpc) is 2.97. The first kappa shape index (κ1) is 13.6. The zero-order chi connectivity index (χ0) is 13.5. The van der Waals surface area contributed by atoms with E-state index in [1.54, 1.807) is 0 Å². The minimum atomic E-state index is -3.90. The number of nitrogens with one attached hydrogen (secondary N) is 1. The fourth-order valence-electron chi connectivity index (χ4n) is 1.76. The molecule has 0 heterocycles. The lowest BCUT2D eigenvalue weighted by molar-refractivity contribution is 0.553. The van der Waals surface area contributed by atoms with Gasteiger partial charge in [0.05, 0.1) is 5.02 Å². The minimum absolute atomic E-state index is 0.113. The molecule has 0 radical (unpaired) electrons. The quantitative estimate of drug-likeness (QED) is 0.834. The van der Waals surface area contributed by atoms with Gasteiger partial charge in [0, 0.05) is 12.2 Å². The molecule has 0 saturated heterocycles. The molecule has 2 rings (SSSR count). The number of sulfonamides is 1. The highest BCUT2D eigenvalue weighted by molar-refractivity contribution is 7.89.